The van der Waals surface area contributed by atoms with Gasteiger partial charge in [-0.25, -0.2) is 5.01 Å². The van der Waals surface area contributed by atoms with Crippen molar-refractivity contribution in [1.82, 2.24) is 15.9 Å². The van der Waals surface area contributed by atoms with Crippen LogP contribution in [0.5, 0.6) is 0 Å². The molecule has 1 rings (SSSR count). The molecule has 1 aromatic carbocycles. The zero-order valence-electron chi connectivity index (χ0n) is 9.65. The summed E-state index contributed by atoms with van der Waals surface area (Å²) in [5.74, 6) is 0. The van der Waals surface area contributed by atoms with Gasteiger partial charge in [-0.2, -0.15) is 0 Å². The van der Waals surface area contributed by atoms with Crippen LogP contribution in [0.2, 0.25) is 0 Å². The van der Waals surface area contributed by atoms with Crippen LogP contribution >= 0.6 is 12.2 Å². The molecule has 0 aliphatic heterocycles. The Hall–Kier alpha value is -1.86. The SMILES string of the molecule is CN(C)NC(=S)Nc1ccc(NNC=O)cc1. The second kappa shape index (κ2) is 6.66. The van der Waals surface area contributed by atoms with Crippen molar-refractivity contribution in [2.75, 3.05) is 24.8 Å². The zero-order chi connectivity index (χ0) is 12.7. The van der Waals surface area contributed by atoms with Gasteiger partial charge < -0.3 is 5.32 Å². The third-order valence-corrected chi connectivity index (χ3v) is 1.94. The molecule has 1 aromatic rings. The maximum absolute atomic E-state index is 10.1. The van der Waals surface area contributed by atoms with Gasteiger partial charge in [-0.3, -0.25) is 21.1 Å². The van der Waals surface area contributed by atoms with E-state index in [9.17, 15) is 4.79 Å². The molecule has 0 saturated heterocycles. The summed E-state index contributed by atoms with van der Waals surface area (Å²) in [6.07, 6.45) is 0.572. The quantitative estimate of drug-likeness (QED) is 0.348. The topological polar surface area (TPSA) is 68.4 Å². The lowest BCUT2D eigenvalue weighted by Gasteiger charge is -2.15. The molecule has 0 heterocycles. The largest absolute Gasteiger partial charge is 0.332 e. The molecule has 17 heavy (non-hydrogen) atoms. The second-order valence-corrected chi connectivity index (χ2v) is 3.83. The summed E-state index contributed by atoms with van der Waals surface area (Å²) >= 11 is 5.08. The van der Waals surface area contributed by atoms with Crippen LogP contribution in [0, 0.1) is 0 Å². The Kier molecular flexibility index (Phi) is 5.18. The molecular weight excluding hydrogens is 238 g/mol. The molecule has 0 bridgehead atoms. The van der Waals surface area contributed by atoms with Crippen molar-refractivity contribution in [1.29, 1.82) is 0 Å². The van der Waals surface area contributed by atoms with E-state index in [1.807, 2.05) is 38.4 Å². The van der Waals surface area contributed by atoms with Crippen molar-refractivity contribution in [3.05, 3.63) is 24.3 Å². The Balaban J connectivity index is 2.50. The van der Waals surface area contributed by atoms with Crippen LogP contribution in [0.4, 0.5) is 11.4 Å². The lowest BCUT2D eigenvalue weighted by molar-refractivity contribution is -0.109. The van der Waals surface area contributed by atoms with Crippen molar-refractivity contribution in [2.45, 2.75) is 0 Å². The summed E-state index contributed by atoms with van der Waals surface area (Å²) in [6.45, 7) is 0. The summed E-state index contributed by atoms with van der Waals surface area (Å²) in [4.78, 5) is 10.1. The minimum Gasteiger partial charge on any atom is -0.332 e. The first kappa shape index (κ1) is 13.2. The van der Waals surface area contributed by atoms with Gasteiger partial charge in [-0.1, -0.05) is 0 Å². The maximum Gasteiger partial charge on any atom is 0.225 e. The van der Waals surface area contributed by atoms with E-state index in [0.717, 1.165) is 11.4 Å². The summed E-state index contributed by atoms with van der Waals surface area (Å²) < 4.78 is 0. The Bertz CT molecular complexity index is 379. The van der Waals surface area contributed by atoms with E-state index in [0.29, 0.717) is 11.5 Å². The van der Waals surface area contributed by atoms with Crippen LogP contribution < -0.4 is 21.6 Å². The summed E-state index contributed by atoms with van der Waals surface area (Å²) in [7, 11) is 3.71. The van der Waals surface area contributed by atoms with Crippen LogP contribution in [0.3, 0.4) is 0 Å². The smallest absolute Gasteiger partial charge is 0.225 e. The fourth-order valence-electron chi connectivity index (χ4n) is 1.11. The number of anilines is 2. The van der Waals surface area contributed by atoms with Crippen LogP contribution in [0.1, 0.15) is 0 Å². The first-order valence-corrected chi connectivity index (χ1v) is 5.33. The van der Waals surface area contributed by atoms with Crippen molar-refractivity contribution in [3.8, 4) is 0 Å². The second-order valence-electron chi connectivity index (χ2n) is 3.42. The predicted molar refractivity (Wildman–Crippen MR) is 72.3 cm³/mol. The maximum atomic E-state index is 10.1. The molecule has 1 amide bonds. The molecule has 0 aromatic heterocycles. The van der Waals surface area contributed by atoms with Crippen molar-refractivity contribution >= 4 is 35.1 Å². The van der Waals surface area contributed by atoms with Crippen LogP contribution in [-0.4, -0.2) is 30.6 Å². The minimum atomic E-state index is 0.515. The average molecular weight is 253 g/mol. The van der Waals surface area contributed by atoms with E-state index in [2.05, 4.69) is 21.6 Å². The molecule has 0 fully saturated rings. The van der Waals surface area contributed by atoms with E-state index < -0.39 is 0 Å². The van der Waals surface area contributed by atoms with Gasteiger partial charge >= 0.3 is 0 Å². The zero-order valence-corrected chi connectivity index (χ0v) is 10.5. The minimum absolute atomic E-state index is 0.515. The Morgan fingerprint density at radius 1 is 1.24 bits per heavy atom. The van der Waals surface area contributed by atoms with E-state index in [1.165, 1.54) is 0 Å². The highest BCUT2D eigenvalue weighted by atomic mass is 32.1. The molecule has 0 aliphatic carbocycles. The Morgan fingerprint density at radius 3 is 2.35 bits per heavy atom. The Labute approximate surface area is 105 Å². The molecule has 92 valence electrons. The van der Waals surface area contributed by atoms with E-state index in [1.54, 1.807) is 5.01 Å². The van der Waals surface area contributed by atoms with E-state index >= 15 is 0 Å². The molecule has 0 unspecified atom stereocenters. The number of nitrogens with zero attached hydrogens (tertiary/aromatic N) is 1. The van der Waals surface area contributed by atoms with Crippen molar-refractivity contribution < 1.29 is 4.79 Å². The van der Waals surface area contributed by atoms with Crippen LogP contribution in [0.25, 0.3) is 0 Å². The van der Waals surface area contributed by atoms with Gasteiger partial charge in [-0.05, 0) is 36.5 Å². The Morgan fingerprint density at radius 2 is 1.82 bits per heavy atom. The van der Waals surface area contributed by atoms with Gasteiger partial charge in [0, 0.05) is 19.8 Å². The highest BCUT2D eigenvalue weighted by Crippen LogP contribution is 2.12. The van der Waals surface area contributed by atoms with Gasteiger partial charge in [0.2, 0.25) is 6.41 Å². The number of carbonyl (C=O) groups excluding carboxylic acids is 1. The third-order valence-electron chi connectivity index (χ3n) is 1.74. The number of hydrogen-bond donors (Lipinski definition) is 4. The molecule has 4 N–H and O–H groups in total. The number of hydrazine groups is 2. The highest BCUT2D eigenvalue weighted by molar-refractivity contribution is 7.80. The van der Waals surface area contributed by atoms with E-state index in [4.69, 9.17) is 12.2 Å². The molecule has 0 aliphatic rings. The van der Waals surface area contributed by atoms with Crippen LogP contribution in [0.15, 0.2) is 24.3 Å². The number of carbonyl (C=O) groups is 1. The molecule has 7 heteroatoms. The normalized spacial score (nSPS) is 9.59. The van der Waals surface area contributed by atoms with Gasteiger partial charge in [0.15, 0.2) is 5.11 Å². The number of nitrogens with one attached hydrogen (secondary N) is 4. The molecule has 6 nitrogen and oxygen atoms in total. The highest BCUT2D eigenvalue weighted by Gasteiger charge is 1.98. The summed E-state index contributed by atoms with van der Waals surface area (Å²) in [5, 5.41) is 5.28. The molecule has 0 radical (unpaired) electrons. The number of benzene rings is 1. The number of rotatable bonds is 5. The lowest BCUT2D eigenvalue weighted by atomic mass is 10.3. The fourth-order valence-corrected chi connectivity index (χ4v) is 1.41. The fraction of sp³-hybridized carbons (Fsp3) is 0.200. The number of hydrogen-bond acceptors (Lipinski definition) is 4. The van der Waals surface area contributed by atoms with Gasteiger partial charge in [0.1, 0.15) is 0 Å². The first-order chi connectivity index (χ1) is 8.11. The molecular formula is C10H15N5OS. The number of thiocarbonyl (C=S) groups is 1. The standard InChI is InChI=1S/C10H15N5OS/c1-15(2)14-10(17)12-8-3-5-9(6-4-8)13-11-7-16/h3-7,13H,1-2H3,(H,11,16)(H2,12,14,17). The molecule has 0 saturated carbocycles. The van der Waals surface area contributed by atoms with Crippen molar-refractivity contribution in [3.63, 3.8) is 0 Å². The third kappa shape index (κ3) is 5.14. The lowest BCUT2D eigenvalue weighted by Crippen LogP contribution is -2.38. The number of amides is 1. The van der Waals surface area contributed by atoms with Crippen LogP contribution in [-0.2, 0) is 4.79 Å². The summed E-state index contributed by atoms with van der Waals surface area (Å²) in [6, 6.07) is 7.32. The first-order valence-electron chi connectivity index (χ1n) is 4.92. The predicted octanol–water partition coefficient (Wildman–Crippen LogP) is 0.522. The van der Waals surface area contributed by atoms with Gasteiger partial charge in [0.05, 0.1) is 5.69 Å². The average Bonchev–Trinajstić information content (AvgIpc) is 2.27. The van der Waals surface area contributed by atoms with E-state index in [-0.39, 0.29) is 0 Å². The molecule has 0 atom stereocenters. The van der Waals surface area contributed by atoms with Gasteiger partial charge in [0.25, 0.3) is 0 Å². The van der Waals surface area contributed by atoms with Crippen molar-refractivity contribution in [2.24, 2.45) is 0 Å². The summed E-state index contributed by atoms with van der Waals surface area (Å²) in [5.41, 5.74) is 9.63. The van der Waals surface area contributed by atoms with Gasteiger partial charge in [-0.15, -0.1) is 0 Å². The molecule has 0 spiro atoms. The monoisotopic (exact) mass is 253 g/mol.